The van der Waals surface area contributed by atoms with Crippen molar-refractivity contribution >= 4 is 17.8 Å². The highest BCUT2D eigenvalue weighted by molar-refractivity contribution is 5.91. The van der Waals surface area contributed by atoms with Crippen LogP contribution in [0.4, 0.5) is 10.1 Å². The Bertz CT molecular complexity index is 763. The number of hydrogen-bond acceptors (Lipinski definition) is 5. The van der Waals surface area contributed by atoms with Gasteiger partial charge in [0.05, 0.1) is 19.4 Å². The molecule has 0 radical (unpaired) electrons. The number of nitrogens with one attached hydrogen (secondary N) is 1. The lowest BCUT2D eigenvalue weighted by molar-refractivity contribution is -0.120. The molecule has 2 rings (SSSR count). The minimum absolute atomic E-state index is 0.260. The molecule has 0 saturated heterocycles. The molecule has 0 spiro atoms. The molecule has 0 unspecified atom stereocenters. The molecule has 7 heteroatoms. The van der Waals surface area contributed by atoms with Crippen molar-refractivity contribution in [3.8, 4) is 11.5 Å². The Morgan fingerprint density at radius 2 is 1.89 bits per heavy atom. The van der Waals surface area contributed by atoms with Gasteiger partial charge >= 0.3 is 0 Å². The topological polar surface area (TPSA) is 69.2 Å². The highest BCUT2D eigenvalue weighted by Crippen LogP contribution is 2.28. The van der Waals surface area contributed by atoms with Gasteiger partial charge in [0.2, 0.25) is 0 Å². The standard InChI is InChI=1S/C20H23FN2O4/c1-3-11-26-18-10-5-15(12-19(18)25-4-2)13-22-27-14-20(24)23-17-8-6-16(21)7-9-17/h5-10,12-13H,3-4,11,14H2,1-2H3,(H,23,24). The molecule has 0 aromatic heterocycles. The van der Waals surface area contributed by atoms with Gasteiger partial charge in [-0.05, 0) is 55.8 Å². The molecule has 0 bridgehead atoms. The lowest BCUT2D eigenvalue weighted by atomic mass is 10.2. The first kappa shape index (κ1) is 20.2. The maximum absolute atomic E-state index is 12.8. The van der Waals surface area contributed by atoms with Crippen molar-refractivity contribution in [3.63, 3.8) is 0 Å². The third-order valence-corrected chi connectivity index (χ3v) is 3.33. The van der Waals surface area contributed by atoms with Crippen molar-refractivity contribution in [3.05, 3.63) is 53.8 Å². The van der Waals surface area contributed by atoms with Gasteiger partial charge in [-0.15, -0.1) is 0 Å². The number of halogens is 1. The van der Waals surface area contributed by atoms with Crippen LogP contribution in [0.5, 0.6) is 11.5 Å². The molecule has 0 aliphatic carbocycles. The molecule has 27 heavy (non-hydrogen) atoms. The first-order chi connectivity index (χ1) is 13.1. The molecule has 1 amide bonds. The Kier molecular flexibility index (Phi) is 8.09. The van der Waals surface area contributed by atoms with Gasteiger partial charge in [-0.2, -0.15) is 0 Å². The number of carbonyl (C=O) groups is 1. The smallest absolute Gasteiger partial charge is 0.265 e. The highest BCUT2D eigenvalue weighted by Gasteiger charge is 2.06. The van der Waals surface area contributed by atoms with Crippen molar-refractivity contribution in [1.29, 1.82) is 0 Å². The van der Waals surface area contributed by atoms with Crippen molar-refractivity contribution in [2.45, 2.75) is 20.3 Å². The minimum Gasteiger partial charge on any atom is -0.490 e. The highest BCUT2D eigenvalue weighted by atomic mass is 19.1. The largest absolute Gasteiger partial charge is 0.490 e. The number of ether oxygens (including phenoxy) is 2. The van der Waals surface area contributed by atoms with Gasteiger partial charge in [0.15, 0.2) is 18.1 Å². The van der Waals surface area contributed by atoms with Crippen molar-refractivity contribution in [2.75, 3.05) is 25.1 Å². The monoisotopic (exact) mass is 374 g/mol. The summed E-state index contributed by atoms with van der Waals surface area (Å²) in [5.41, 5.74) is 1.24. The predicted molar refractivity (Wildman–Crippen MR) is 102 cm³/mol. The van der Waals surface area contributed by atoms with Crippen LogP contribution in [-0.4, -0.2) is 31.9 Å². The predicted octanol–water partition coefficient (Wildman–Crippen LogP) is 4.00. The van der Waals surface area contributed by atoms with Gasteiger partial charge in [0.1, 0.15) is 5.82 Å². The number of nitrogens with zero attached hydrogens (tertiary/aromatic N) is 1. The van der Waals surface area contributed by atoms with E-state index in [0.717, 1.165) is 12.0 Å². The fourth-order valence-corrected chi connectivity index (χ4v) is 2.13. The molecular formula is C20H23FN2O4. The van der Waals surface area contributed by atoms with Gasteiger partial charge in [-0.25, -0.2) is 4.39 Å². The number of carbonyl (C=O) groups excluding carboxylic acids is 1. The summed E-state index contributed by atoms with van der Waals surface area (Å²) in [6, 6.07) is 10.9. The summed E-state index contributed by atoms with van der Waals surface area (Å²) in [5.74, 6) is 0.544. The maximum Gasteiger partial charge on any atom is 0.265 e. The van der Waals surface area contributed by atoms with Crippen LogP contribution in [0, 0.1) is 5.82 Å². The van der Waals surface area contributed by atoms with Crippen molar-refractivity contribution in [1.82, 2.24) is 0 Å². The molecule has 1 N–H and O–H groups in total. The molecule has 2 aromatic carbocycles. The normalized spacial score (nSPS) is 10.6. The molecule has 144 valence electrons. The van der Waals surface area contributed by atoms with Crippen LogP contribution >= 0.6 is 0 Å². The van der Waals surface area contributed by atoms with Crippen LogP contribution in [-0.2, 0) is 9.63 Å². The number of benzene rings is 2. The van der Waals surface area contributed by atoms with Crippen molar-refractivity contribution in [2.24, 2.45) is 5.16 Å². The van der Waals surface area contributed by atoms with E-state index in [1.807, 2.05) is 26.0 Å². The molecule has 2 aromatic rings. The van der Waals surface area contributed by atoms with E-state index in [4.69, 9.17) is 14.3 Å². The molecule has 6 nitrogen and oxygen atoms in total. The molecule has 0 fully saturated rings. The zero-order chi connectivity index (χ0) is 19.5. The Morgan fingerprint density at radius 3 is 2.59 bits per heavy atom. The van der Waals surface area contributed by atoms with E-state index in [1.165, 1.54) is 30.5 Å². The van der Waals surface area contributed by atoms with E-state index in [-0.39, 0.29) is 12.4 Å². The van der Waals surface area contributed by atoms with E-state index in [1.54, 1.807) is 6.07 Å². The van der Waals surface area contributed by atoms with Gasteiger partial charge in [0.25, 0.3) is 5.91 Å². The second-order valence-electron chi connectivity index (χ2n) is 5.55. The Labute approximate surface area is 157 Å². The molecule has 0 heterocycles. The fourth-order valence-electron chi connectivity index (χ4n) is 2.13. The van der Waals surface area contributed by atoms with Crippen LogP contribution in [0.15, 0.2) is 47.6 Å². The molecule has 0 saturated carbocycles. The summed E-state index contributed by atoms with van der Waals surface area (Å²) in [6.07, 6.45) is 2.39. The van der Waals surface area contributed by atoms with E-state index < -0.39 is 5.91 Å². The van der Waals surface area contributed by atoms with Crippen LogP contribution in [0.25, 0.3) is 0 Å². The number of hydrogen-bond donors (Lipinski definition) is 1. The summed E-state index contributed by atoms with van der Waals surface area (Å²) in [4.78, 5) is 16.8. The van der Waals surface area contributed by atoms with Crippen molar-refractivity contribution < 1.29 is 23.5 Å². The van der Waals surface area contributed by atoms with Crippen LogP contribution < -0.4 is 14.8 Å². The Hall–Kier alpha value is -3.09. The summed E-state index contributed by atoms with van der Waals surface area (Å²) >= 11 is 0. The molecule has 0 aliphatic heterocycles. The number of amides is 1. The quantitative estimate of drug-likeness (QED) is 0.504. The van der Waals surface area contributed by atoms with Gasteiger partial charge in [-0.1, -0.05) is 12.1 Å². The van der Waals surface area contributed by atoms with Crippen LogP contribution in [0.3, 0.4) is 0 Å². The van der Waals surface area contributed by atoms with E-state index in [0.29, 0.717) is 30.4 Å². The molecule has 0 atom stereocenters. The Balaban J connectivity index is 1.86. The lowest BCUT2D eigenvalue weighted by Gasteiger charge is -2.11. The van der Waals surface area contributed by atoms with E-state index in [9.17, 15) is 9.18 Å². The lowest BCUT2D eigenvalue weighted by Crippen LogP contribution is -2.16. The maximum atomic E-state index is 12.8. The summed E-state index contributed by atoms with van der Waals surface area (Å²) in [5, 5.41) is 6.37. The van der Waals surface area contributed by atoms with Crippen LogP contribution in [0.2, 0.25) is 0 Å². The molecular weight excluding hydrogens is 351 g/mol. The van der Waals surface area contributed by atoms with E-state index in [2.05, 4.69) is 10.5 Å². The number of anilines is 1. The zero-order valence-electron chi connectivity index (χ0n) is 15.4. The molecule has 0 aliphatic rings. The second-order valence-corrected chi connectivity index (χ2v) is 5.55. The first-order valence-corrected chi connectivity index (χ1v) is 8.72. The third-order valence-electron chi connectivity index (χ3n) is 3.33. The summed E-state index contributed by atoms with van der Waals surface area (Å²) in [6.45, 7) is 4.80. The number of oxime groups is 1. The van der Waals surface area contributed by atoms with Gasteiger partial charge in [-0.3, -0.25) is 4.79 Å². The zero-order valence-corrected chi connectivity index (χ0v) is 15.4. The summed E-state index contributed by atoms with van der Waals surface area (Å²) in [7, 11) is 0. The average molecular weight is 374 g/mol. The average Bonchev–Trinajstić information content (AvgIpc) is 2.66. The minimum atomic E-state index is -0.392. The van der Waals surface area contributed by atoms with E-state index >= 15 is 0 Å². The second kappa shape index (κ2) is 10.8. The SMILES string of the molecule is CCCOc1ccc(C=NOCC(=O)Nc2ccc(F)cc2)cc1OCC. The van der Waals surface area contributed by atoms with Gasteiger partial charge < -0.3 is 19.6 Å². The fraction of sp³-hybridized carbons (Fsp3) is 0.300. The van der Waals surface area contributed by atoms with Crippen LogP contribution in [0.1, 0.15) is 25.8 Å². The van der Waals surface area contributed by atoms with Gasteiger partial charge in [0, 0.05) is 11.3 Å². The first-order valence-electron chi connectivity index (χ1n) is 8.72. The number of rotatable bonds is 10. The third kappa shape index (κ3) is 6.97. The summed E-state index contributed by atoms with van der Waals surface area (Å²) < 4.78 is 24.0. The Morgan fingerprint density at radius 1 is 1.11 bits per heavy atom.